The van der Waals surface area contributed by atoms with Crippen LogP contribution >= 0.6 is 15.9 Å². The second-order valence-corrected chi connectivity index (χ2v) is 7.94. The van der Waals surface area contributed by atoms with Crippen LogP contribution in [0.3, 0.4) is 0 Å². The Kier molecular flexibility index (Phi) is 5.59. The highest BCUT2D eigenvalue weighted by Gasteiger charge is 2.30. The molecule has 0 bridgehead atoms. The predicted molar refractivity (Wildman–Crippen MR) is 112 cm³/mol. The highest BCUT2D eigenvalue weighted by atomic mass is 79.9. The van der Waals surface area contributed by atoms with Crippen LogP contribution in [0.15, 0.2) is 64.1 Å². The first-order valence-electron chi connectivity index (χ1n) is 9.37. The van der Waals surface area contributed by atoms with Crippen LogP contribution in [0, 0.1) is 0 Å². The molecule has 0 radical (unpaired) electrons. The monoisotopic (exact) mass is 481 g/mol. The second kappa shape index (κ2) is 8.17. The number of benzene rings is 2. The van der Waals surface area contributed by atoms with Crippen LogP contribution in [-0.2, 0) is 6.54 Å². The minimum Gasteiger partial charge on any atom is -0.368 e. The van der Waals surface area contributed by atoms with Crippen molar-refractivity contribution in [1.29, 1.82) is 0 Å². The van der Waals surface area contributed by atoms with Gasteiger partial charge in [0.2, 0.25) is 0 Å². The number of rotatable bonds is 4. The summed E-state index contributed by atoms with van der Waals surface area (Å²) in [5.74, 6) is 0. The van der Waals surface area contributed by atoms with Gasteiger partial charge in [-0.3, -0.25) is 0 Å². The van der Waals surface area contributed by atoms with E-state index in [0.29, 0.717) is 10.4 Å². The third-order valence-electron chi connectivity index (χ3n) is 5.03. The molecule has 0 aliphatic carbocycles. The normalized spacial score (nSPS) is 14.9. The van der Waals surface area contributed by atoms with E-state index in [1.54, 1.807) is 12.1 Å². The fraction of sp³-hybridized carbons (Fsp3) is 0.300. The lowest BCUT2D eigenvalue weighted by molar-refractivity contribution is -0.143. The summed E-state index contributed by atoms with van der Waals surface area (Å²) in [5, 5.41) is 3.56. The summed E-state index contributed by atoms with van der Waals surface area (Å²) in [5.41, 5.74) is 1.85. The molecule has 2 heterocycles. The van der Waals surface area contributed by atoms with E-state index >= 15 is 0 Å². The van der Waals surface area contributed by atoms with Crippen LogP contribution in [0.1, 0.15) is 0 Å². The summed E-state index contributed by atoms with van der Waals surface area (Å²) < 4.78 is 40.1. The fourth-order valence-corrected chi connectivity index (χ4v) is 3.76. The zero-order chi connectivity index (χ0) is 21.3. The van der Waals surface area contributed by atoms with Crippen molar-refractivity contribution >= 4 is 27.3 Å². The molecule has 0 atom stereocenters. The molecule has 1 aliphatic rings. The molecule has 1 aliphatic heterocycles. The first kappa shape index (κ1) is 20.5. The number of aromatic nitrogens is 3. The molecule has 0 spiro atoms. The SMILES string of the molecule is O=c1n(-c2ccc(N3CCN(c4ccc(Br)cc4)CC3)cc2)cnn1CC(F)(F)F. The topological polar surface area (TPSA) is 46.3 Å². The van der Waals surface area contributed by atoms with Crippen molar-refractivity contribution in [2.24, 2.45) is 0 Å². The molecule has 158 valence electrons. The van der Waals surface area contributed by atoms with E-state index < -0.39 is 18.4 Å². The Bertz CT molecular complexity index is 1050. The van der Waals surface area contributed by atoms with Crippen LogP contribution in [-0.4, -0.2) is 46.7 Å². The van der Waals surface area contributed by atoms with Crippen molar-refractivity contribution in [1.82, 2.24) is 14.3 Å². The number of piperazine rings is 1. The Morgan fingerprint density at radius 3 is 1.80 bits per heavy atom. The summed E-state index contributed by atoms with van der Waals surface area (Å²) in [6, 6.07) is 15.4. The third-order valence-corrected chi connectivity index (χ3v) is 5.56. The molecule has 4 rings (SSSR count). The van der Waals surface area contributed by atoms with Gasteiger partial charge in [-0.2, -0.15) is 18.3 Å². The van der Waals surface area contributed by atoms with E-state index in [4.69, 9.17) is 0 Å². The number of hydrogen-bond acceptors (Lipinski definition) is 4. The number of alkyl halides is 3. The van der Waals surface area contributed by atoms with E-state index in [9.17, 15) is 18.0 Å². The molecule has 30 heavy (non-hydrogen) atoms. The smallest absolute Gasteiger partial charge is 0.368 e. The van der Waals surface area contributed by atoms with Crippen molar-refractivity contribution in [3.63, 3.8) is 0 Å². The van der Waals surface area contributed by atoms with Gasteiger partial charge in [-0.25, -0.2) is 14.0 Å². The molecule has 6 nitrogen and oxygen atoms in total. The standard InChI is InChI=1S/C20H19BrF3N5O/c21-15-1-3-16(4-2-15)26-9-11-27(12-10-26)17-5-7-18(8-6-17)28-14-25-29(19(28)30)13-20(22,23)24/h1-8,14H,9-13H2. The van der Waals surface area contributed by atoms with Gasteiger partial charge < -0.3 is 9.80 Å². The maximum atomic E-state index is 12.5. The molecule has 0 unspecified atom stereocenters. The Hall–Kier alpha value is -2.75. The number of hydrogen-bond donors (Lipinski definition) is 0. The lowest BCUT2D eigenvalue weighted by Gasteiger charge is -2.37. The minimum atomic E-state index is -4.49. The van der Waals surface area contributed by atoms with Gasteiger partial charge in [-0.05, 0) is 48.5 Å². The average molecular weight is 482 g/mol. The Morgan fingerprint density at radius 2 is 1.30 bits per heavy atom. The van der Waals surface area contributed by atoms with Gasteiger partial charge in [0.1, 0.15) is 12.9 Å². The summed E-state index contributed by atoms with van der Waals surface area (Å²) in [6.45, 7) is 2.05. The summed E-state index contributed by atoms with van der Waals surface area (Å²) >= 11 is 3.45. The molecule has 10 heteroatoms. The predicted octanol–water partition coefficient (Wildman–Crippen LogP) is 3.69. The Morgan fingerprint density at radius 1 is 0.833 bits per heavy atom. The van der Waals surface area contributed by atoms with E-state index in [0.717, 1.165) is 47.2 Å². The Labute approximate surface area is 179 Å². The van der Waals surface area contributed by atoms with E-state index in [2.05, 4.69) is 43.0 Å². The molecule has 0 saturated carbocycles. The average Bonchev–Trinajstić information content (AvgIpc) is 3.07. The van der Waals surface area contributed by atoms with Gasteiger partial charge in [0.15, 0.2) is 0 Å². The highest BCUT2D eigenvalue weighted by Crippen LogP contribution is 2.23. The van der Waals surface area contributed by atoms with Gasteiger partial charge in [0.25, 0.3) is 0 Å². The first-order chi connectivity index (χ1) is 14.3. The maximum absolute atomic E-state index is 12.5. The maximum Gasteiger partial charge on any atom is 0.408 e. The number of halogens is 4. The minimum absolute atomic E-state index is 0.412. The molecular weight excluding hydrogens is 463 g/mol. The van der Waals surface area contributed by atoms with Gasteiger partial charge in [0.05, 0.1) is 5.69 Å². The van der Waals surface area contributed by atoms with Crippen molar-refractivity contribution in [3.05, 3.63) is 69.8 Å². The lowest BCUT2D eigenvalue weighted by atomic mass is 10.2. The summed E-state index contributed by atoms with van der Waals surface area (Å²) in [6.07, 6.45) is -3.38. The second-order valence-electron chi connectivity index (χ2n) is 7.02. The highest BCUT2D eigenvalue weighted by molar-refractivity contribution is 9.10. The summed E-state index contributed by atoms with van der Waals surface area (Å²) in [7, 11) is 0. The molecule has 1 saturated heterocycles. The van der Waals surface area contributed by atoms with E-state index in [-0.39, 0.29) is 0 Å². The number of nitrogens with zero attached hydrogens (tertiary/aromatic N) is 5. The zero-order valence-electron chi connectivity index (χ0n) is 15.9. The van der Waals surface area contributed by atoms with Gasteiger partial charge in [-0.15, -0.1) is 0 Å². The van der Waals surface area contributed by atoms with Crippen LogP contribution in [0.4, 0.5) is 24.5 Å². The first-order valence-corrected chi connectivity index (χ1v) is 10.2. The van der Waals surface area contributed by atoms with Crippen molar-refractivity contribution in [2.45, 2.75) is 12.7 Å². The van der Waals surface area contributed by atoms with Gasteiger partial charge >= 0.3 is 11.9 Å². The molecule has 1 aromatic heterocycles. The van der Waals surface area contributed by atoms with Crippen LogP contribution in [0.25, 0.3) is 5.69 Å². The van der Waals surface area contributed by atoms with Crippen molar-refractivity contribution in [3.8, 4) is 5.69 Å². The van der Waals surface area contributed by atoms with Crippen molar-refractivity contribution in [2.75, 3.05) is 36.0 Å². The third kappa shape index (κ3) is 4.53. The summed E-state index contributed by atoms with van der Waals surface area (Å²) in [4.78, 5) is 16.7. The van der Waals surface area contributed by atoms with Gasteiger partial charge in [-0.1, -0.05) is 15.9 Å². The fourth-order valence-electron chi connectivity index (χ4n) is 3.49. The van der Waals surface area contributed by atoms with Crippen molar-refractivity contribution < 1.29 is 13.2 Å². The molecular formula is C20H19BrF3N5O. The molecule has 3 aromatic rings. The van der Waals surface area contributed by atoms with Crippen LogP contribution < -0.4 is 15.5 Å². The molecule has 2 aromatic carbocycles. The molecule has 0 N–H and O–H groups in total. The Balaban J connectivity index is 1.42. The van der Waals surface area contributed by atoms with E-state index in [1.807, 2.05) is 24.3 Å². The number of anilines is 2. The molecule has 0 amide bonds. The largest absolute Gasteiger partial charge is 0.408 e. The lowest BCUT2D eigenvalue weighted by Crippen LogP contribution is -2.46. The van der Waals surface area contributed by atoms with Crippen LogP contribution in [0.2, 0.25) is 0 Å². The van der Waals surface area contributed by atoms with E-state index in [1.165, 1.54) is 5.69 Å². The zero-order valence-corrected chi connectivity index (χ0v) is 17.5. The van der Waals surface area contributed by atoms with Gasteiger partial charge in [0, 0.05) is 42.0 Å². The molecule has 1 fully saturated rings. The quantitative estimate of drug-likeness (QED) is 0.570. The van der Waals surface area contributed by atoms with Crippen LogP contribution in [0.5, 0.6) is 0 Å².